The minimum absolute atomic E-state index is 0.0271. The van der Waals surface area contributed by atoms with Gasteiger partial charge in [0.25, 0.3) is 0 Å². The molecular weight excluding hydrogens is 280 g/mol. The molecule has 1 aromatic carbocycles. The molecule has 0 saturated carbocycles. The first-order valence-corrected chi connectivity index (χ1v) is 6.01. The highest BCUT2D eigenvalue weighted by Gasteiger charge is 2.12. The number of carboxylic acid groups (broad SMARTS) is 1. The third kappa shape index (κ3) is 2.83. The van der Waals surface area contributed by atoms with Gasteiger partial charge in [-0.1, -0.05) is 0 Å². The highest BCUT2D eigenvalue weighted by atomic mass is 16.5. The maximum absolute atomic E-state index is 11.9. The molecule has 0 atom stereocenters. The molecule has 0 radical (unpaired) electrons. The minimum Gasteiger partial charge on any atom is -0.478 e. The van der Waals surface area contributed by atoms with Crippen LogP contribution in [0.3, 0.4) is 0 Å². The van der Waals surface area contributed by atoms with Gasteiger partial charge in [0.05, 0.1) is 30.1 Å². The Balaban J connectivity index is 2.63. The molecule has 0 amide bonds. The molecule has 0 aliphatic rings. The number of aromatic carboxylic acids is 1. The number of carboxylic acids is 1. The van der Waals surface area contributed by atoms with Crippen molar-refractivity contribution in [1.29, 1.82) is 0 Å². The van der Waals surface area contributed by atoms with E-state index >= 15 is 0 Å². The summed E-state index contributed by atoms with van der Waals surface area (Å²) in [5.41, 5.74) is -1.16. The Labute approximate surface area is 117 Å². The molecule has 0 bridgehead atoms. The number of nitrogens with one attached hydrogen (secondary N) is 1. The predicted octanol–water partition coefficient (Wildman–Crippen LogP) is -0.0489. The zero-order chi connectivity index (χ0) is 15.6. The van der Waals surface area contributed by atoms with E-state index < -0.39 is 23.1 Å². The van der Waals surface area contributed by atoms with Crippen molar-refractivity contribution in [3.8, 4) is 0 Å². The number of fused-ring (bicyclic) bond motifs is 1. The molecule has 0 aliphatic carbocycles. The summed E-state index contributed by atoms with van der Waals surface area (Å²) in [7, 11) is 1.21. The topological polar surface area (TPSA) is 118 Å². The molecule has 110 valence electrons. The van der Waals surface area contributed by atoms with Gasteiger partial charge in [0.15, 0.2) is 0 Å². The van der Waals surface area contributed by atoms with E-state index in [2.05, 4.69) is 9.72 Å². The summed E-state index contributed by atoms with van der Waals surface area (Å²) in [4.78, 5) is 48.0. The molecule has 8 nitrogen and oxygen atoms in total. The highest BCUT2D eigenvalue weighted by Crippen LogP contribution is 2.12. The molecule has 2 N–H and O–H groups in total. The van der Waals surface area contributed by atoms with Crippen LogP contribution in [0.2, 0.25) is 0 Å². The first-order chi connectivity index (χ1) is 9.93. The molecule has 0 saturated heterocycles. The number of aromatic amines is 1. The molecule has 0 unspecified atom stereocenters. The number of hydrogen-bond donors (Lipinski definition) is 2. The minimum atomic E-state index is -1.16. The van der Waals surface area contributed by atoms with Gasteiger partial charge in [-0.3, -0.25) is 14.4 Å². The molecule has 21 heavy (non-hydrogen) atoms. The van der Waals surface area contributed by atoms with Gasteiger partial charge in [-0.05, 0) is 18.2 Å². The van der Waals surface area contributed by atoms with Gasteiger partial charge in [0.1, 0.15) is 0 Å². The van der Waals surface area contributed by atoms with Crippen molar-refractivity contribution in [1.82, 2.24) is 9.55 Å². The Bertz CT molecular complexity index is 833. The van der Waals surface area contributed by atoms with Crippen molar-refractivity contribution in [3.05, 3.63) is 44.5 Å². The Morgan fingerprint density at radius 1 is 1.33 bits per heavy atom. The fourth-order valence-electron chi connectivity index (χ4n) is 1.93. The van der Waals surface area contributed by atoms with E-state index in [1.165, 1.54) is 25.3 Å². The number of benzene rings is 1. The van der Waals surface area contributed by atoms with E-state index in [4.69, 9.17) is 5.11 Å². The van der Waals surface area contributed by atoms with Crippen LogP contribution >= 0.6 is 0 Å². The monoisotopic (exact) mass is 292 g/mol. The largest absolute Gasteiger partial charge is 0.478 e. The maximum Gasteiger partial charge on any atom is 0.335 e. The summed E-state index contributed by atoms with van der Waals surface area (Å²) in [6, 6.07) is 3.98. The van der Waals surface area contributed by atoms with Crippen molar-refractivity contribution < 1.29 is 19.4 Å². The zero-order valence-electron chi connectivity index (χ0n) is 11.1. The average Bonchev–Trinajstić information content (AvgIpc) is 2.46. The number of nitrogens with zero attached hydrogens (tertiary/aromatic N) is 1. The van der Waals surface area contributed by atoms with Crippen molar-refractivity contribution >= 4 is 23.0 Å². The number of aryl methyl sites for hydroxylation is 1. The number of hydrogen-bond acceptors (Lipinski definition) is 5. The quantitative estimate of drug-likeness (QED) is 0.602. The second kappa shape index (κ2) is 5.61. The van der Waals surface area contributed by atoms with Gasteiger partial charge in [-0.15, -0.1) is 0 Å². The summed E-state index contributed by atoms with van der Waals surface area (Å²) >= 11 is 0. The lowest BCUT2D eigenvalue weighted by molar-refractivity contribution is -0.140. The van der Waals surface area contributed by atoms with Crippen LogP contribution < -0.4 is 11.1 Å². The lowest BCUT2D eigenvalue weighted by Crippen LogP contribution is -2.36. The number of H-pyrrole nitrogens is 1. The van der Waals surface area contributed by atoms with Gasteiger partial charge in [0.2, 0.25) is 0 Å². The summed E-state index contributed by atoms with van der Waals surface area (Å²) in [5, 5.41) is 8.98. The second-order valence-corrected chi connectivity index (χ2v) is 4.27. The van der Waals surface area contributed by atoms with E-state index in [-0.39, 0.29) is 24.0 Å². The van der Waals surface area contributed by atoms with E-state index in [0.717, 1.165) is 4.57 Å². The third-order valence-corrected chi connectivity index (χ3v) is 2.99. The zero-order valence-corrected chi connectivity index (χ0v) is 11.1. The number of rotatable bonds is 4. The molecule has 0 spiro atoms. The molecule has 1 heterocycles. The highest BCUT2D eigenvalue weighted by molar-refractivity contribution is 5.92. The van der Waals surface area contributed by atoms with Crippen molar-refractivity contribution in [2.75, 3.05) is 7.11 Å². The normalized spacial score (nSPS) is 10.5. The summed E-state index contributed by atoms with van der Waals surface area (Å²) < 4.78 is 5.55. The molecule has 8 heteroatoms. The Hall–Kier alpha value is -2.90. The summed E-state index contributed by atoms with van der Waals surface area (Å²) in [5.74, 6) is -1.69. The molecule has 0 fully saturated rings. The molecule has 1 aromatic heterocycles. The van der Waals surface area contributed by atoms with Crippen LogP contribution in [-0.4, -0.2) is 33.7 Å². The molecular formula is C13H12N2O6. The van der Waals surface area contributed by atoms with Crippen LogP contribution in [0.4, 0.5) is 0 Å². The van der Waals surface area contributed by atoms with Crippen LogP contribution in [0.15, 0.2) is 27.8 Å². The fourth-order valence-corrected chi connectivity index (χ4v) is 1.93. The Morgan fingerprint density at radius 3 is 2.67 bits per heavy atom. The van der Waals surface area contributed by atoms with E-state index in [9.17, 15) is 19.2 Å². The van der Waals surface area contributed by atoms with Gasteiger partial charge in [0, 0.05) is 6.54 Å². The lowest BCUT2D eigenvalue weighted by atomic mass is 10.2. The second-order valence-electron chi connectivity index (χ2n) is 4.27. The van der Waals surface area contributed by atoms with Crippen LogP contribution in [-0.2, 0) is 16.1 Å². The number of ether oxygens (including phenoxy) is 1. The maximum atomic E-state index is 11.9. The predicted molar refractivity (Wildman–Crippen MR) is 72.4 cm³/mol. The number of esters is 1. The third-order valence-electron chi connectivity index (χ3n) is 2.99. The fraction of sp³-hybridized carbons (Fsp3) is 0.231. The van der Waals surface area contributed by atoms with Crippen molar-refractivity contribution in [2.45, 2.75) is 13.0 Å². The summed E-state index contributed by atoms with van der Waals surface area (Å²) in [6.07, 6.45) is -0.105. The summed E-state index contributed by atoms with van der Waals surface area (Å²) in [6.45, 7) is -0.0744. The Morgan fingerprint density at radius 2 is 2.05 bits per heavy atom. The number of carbonyl (C=O) groups is 2. The standard InChI is InChI=1S/C13H12N2O6/c1-21-10(16)4-5-15-9-6-7(13(19)20)2-3-8(9)14-11(17)12(15)18/h2-3,6H,4-5H2,1H3,(H,14,17)(H,19,20). The Kier molecular flexibility index (Phi) is 3.88. The average molecular weight is 292 g/mol. The van der Waals surface area contributed by atoms with Crippen LogP contribution in [0, 0.1) is 0 Å². The van der Waals surface area contributed by atoms with Gasteiger partial charge in [-0.25, -0.2) is 4.79 Å². The number of aromatic nitrogens is 2. The lowest BCUT2D eigenvalue weighted by Gasteiger charge is -2.09. The van der Waals surface area contributed by atoms with Gasteiger partial charge < -0.3 is 19.4 Å². The van der Waals surface area contributed by atoms with Crippen molar-refractivity contribution in [2.24, 2.45) is 0 Å². The first-order valence-electron chi connectivity index (χ1n) is 6.01. The van der Waals surface area contributed by atoms with E-state index in [1.54, 1.807) is 0 Å². The van der Waals surface area contributed by atoms with Crippen LogP contribution in [0.1, 0.15) is 16.8 Å². The number of carbonyl (C=O) groups excluding carboxylic acids is 1. The SMILES string of the molecule is COC(=O)CCn1c(=O)c(=O)[nH]c2ccc(C(=O)O)cc21. The van der Waals surface area contributed by atoms with Crippen LogP contribution in [0.25, 0.3) is 11.0 Å². The first kappa shape index (κ1) is 14.5. The van der Waals surface area contributed by atoms with Crippen LogP contribution in [0.5, 0.6) is 0 Å². The van der Waals surface area contributed by atoms with Gasteiger partial charge >= 0.3 is 23.1 Å². The van der Waals surface area contributed by atoms with E-state index in [1.807, 2.05) is 0 Å². The number of methoxy groups -OCH3 is 1. The smallest absolute Gasteiger partial charge is 0.335 e. The van der Waals surface area contributed by atoms with E-state index in [0.29, 0.717) is 5.52 Å². The molecule has 2 aromatic rings. The van der Waals surface area contributed by atoms with Gasteiger partial charge in [-0.2, -0.15) is 0 Å². The molecule has 2 rings (SSSR count). The van der Waals surface area contributed by atoms with Crippen molar-refractivity contribution in [3.63, 3.8) is 0 Å². The molecule has 0 aliphatic heterocycles.